The molecule has 19 heavy (non-hydrogen) atoms. The van der Waals surface area contributed by atoms with Gasteiger partial charge >= 0.3 is 0 Å². The quantitative estimate of drug-likeness (QED) is 0.630. The molecule has 1 nitrogen and oxygen atoms in total. The van der Waals surface area contributed by atoms with Crippen LogP contribution in [0.2, 0.25) is 5.02 Å². The zero-order valence-electron chi connectivity index (χ0n) is 10.7. The van der Waals surface area contributed by atoms with E-state index in [-0.39, 0.29) is 6.04 Å². The van der Waals surface area contributed by atoms with Crippen molar-refractivity contribution in [1.29, 1.82) is 0 Å². The van der Waals surface area contributed by atoms with Crippen LogP contribution < -0.4 is 5.32 Å². The molecule has 1 unspecified atom stereocenters. The van der Waals surface area contributed by atoms with Crippen LogP contribution in [0, 0.1) is 6.92 Å². The minimum absolute atomic E-state index is 0.168. The van der Waals surface area contributed by atoms with Crippen LogP contribution in [0.15, 0.2) is 45.3 Å². The van der Waals surface area contributed by atoms with Crippen molar-refractivity contribution in [2.75, 3.05) is 5.32 Å². The number of hydrogen-bond donors (Lipinski definition) is 1. The SMILES string of the molecule is Cc1cccc(Cl)c1NC(C)c1ccc(Br)cc1Br. The summed E-state index contributed by atoms with van der Waals surface area (Å²) in [4.78, 5) is 0. The van der Waals surface area contributed by atoms with E-state index in [0.29, 0.717) is 0 Å². The van der Waals surface area contributed by atoms with E-state index in [9.17, 15) is 0 Å². The fraction of sp³-hybridized carbons (Fsp3) is 0.200. The first kappa shape index (κ1) is 14.9. The normalized spacial score (nSPS) is 12.3. The Bertz CT molecular complexity index is 578. The lowest BCUT2D eigenvalue weighted by molar-refractivity contribution is 0.876. The molecule has 0 aromatic heterocycles. The van der Waals surface area contributed by atoms with Crippen LogP contribution in [-0.4, -0.2) is 0 Å². The van der Waals surface area contributed by atoms with E-state index in [1.165, 1.54) is 5.56 Å². The predicted octanol–water partition coefficient (Wildman–Crippen LogP) is 6.35. The van der Waals surface area contributed by atoms with Gasteiger partial charge in [-0.1, -0.05) is 61.7 Å². The molecule has 0 saturated carbocycles. The van der Waals surface area contributed by atoms with Crippen LogP contribution in [-0.2, 0) is 0 Å². The number of benzene rings is 2. The largest absolute Gasteiger partial charge is 0.377 e. The number of nitrogens with one attached hydrogen (secondary N) is 1. The van der Waals surface area contributed by atoms with Crippen molar-refractivity contribution in [3.63, 3.8) is 0 Å². The maximum absolute atomic E-state index is 6.24. The lowest BCUT2D eigenvalue weighted by Gasteiger charge is -2.20. The van der Waals surface area contributed by atoms with Crippen molar-refractivity contribution in [2.24, 2.45) is 0 Å². The molecule has 0 radical (unpaired) electrons. The first-order valence-electron chi connectivity index (χ1n) is 5.95. The van der Waals surface area contributed by atoms with E-state index in [0.717, 1.165) is 25.2 Å². The van der Waals surface area contributed by atoms with E-state index in [1.54, 1.807) is 0 Å². The molecule has 0 aliphatic carbocycles. The molecule has 2 aromatic carbocycles. The Morgan fingerprint density at radius 3 is 2.53 bits per heavy atom. The summed E-state index contributed by atoms with van der Waals surface area (Å²) < 4.78 is 2.14. The molecule has 0 heterocycles. The van der Waals surface area contributed by atoms with E-state index < -0.39 is 0 Å². The molecule has 0 spiro atoms. The summed E-state index contributed by atoms with van der Waals surface area (Å²) in [6.07, 6.45) is 0. The van der Waals surface area contributed by atoms with Crippen LogP contribution in [0.4, 0.5) is 5.69 Å². The fourth-order valence-corrected chi connectivity index (χ4v) is 3.63. The molecule has 0 aliphatic heterocycles. The highest BCUT2D eigenvalue weighted by Gasteiger charge is 2.12. The van der Waals surface area contributed by atoms with Gasteiger partial charge in [-0.25, -0.2) is 0 Å². The summed E-state index contributed by atoms with van der Waals surface area (Å²) in [7, 11) is 0. The Balaban J connectivity index is 2.28. The van der Waals surface area contributed by atoms with Crippen LogP contribution in [0.25, 0.3) is 0 Å². The number of halogens is 3. The van der Waals surface area contributed by atoms with Gasteiger partial charge in [0.05, 0.1) is 10.7 Å². The van der Waals surface area contributed by atoms with E-state index >= 15 is 0 Å². The van der Waals surface area contributed by atoms with Gasteiger partial charge in [-0.3, -0.25) is 0 Å². The summed E-state index contributed by atoms with van der Waals surface area (Å²) in [5, 5.41) is 4.23. The second-order valence-corrected chi connectivity index (χ2v) is 6.64. The van der Waals surface area contributed by atoms with Crippen LogP contribution >= 0.6 is 43.5 Å². The van der Waals surface area contributed by atoms with Crippen LogP contribution in [0.5, 0.6) is 0 Å². The Labute approximate surface area is 135 Å². The third-order valence-electron chi connectivity index (χ3n) is 3.01. The van der Waals surface area contributed by atoms with Crippen molar-refractivity contribution in [3.8, 4) is 0 Å². The van der Waals surface area contributed by atoms with Crippen molar-refractivity contribution >= 4 is 49.1 Å². The summed E-state index contributed by atoms with van der Waals surface area (Å²) >= 11 is 13.3. The van der Waals surface area contributed by atoms with Gasteiger partial charge in [0.1, 0.15) is 0 Å². The highest BCUT2D eigenvalue weighted by Crippen LogP contribution is 2.32. The molecule has 100 valence electrons. The van der Waals surface area contributed by atoms with Gasteiger partial charge < -0.3 is 5.32 Å². The standard InChI is InChI=1S/C15H14Br2ClN/c1-9-4-3-5-14(18)15(9)19-10(2)12-7-6-11(16)8-13(12)17/h3-8,10,19H,1-2H3. The van der Waals surface area contributed by atoms with Crippen molar-refractivity contribution < 1.29 is 0 Å². The zero-order chi connectivity index (χ0) is 14.0. The van der Waals surface area contributed by atoms with E-state index in [1.807, 2.05) is 24.3 Å². The third-order valence-corrected chi connectivity index (χ3v) is 4.51. The molecular formula is C15H14Br2ClN. The van der Waals surface area contributed by atoms with Gasteiger partial charge in [0.15, 0.2) is 0 Å². The van der Waals surface area contributed by atoms with E-state index in [4.69, 9.17) is 11.6 Å². The maximum atomic E-state index is 6.24. The van der Waals surface area contributed by atoms with Crippen LogP contribution in [0.3, 0.4) is 0 Å². The maximum Gasteiger partial charge on any atom is 0.0640 e. The Kier molecular flexibility index (Phi) is 4.93. The minimum Gasteiger partial charge on any atom is -0.377 e. The van der Waals surface area contributed by atoms with Crippen molar-refractivity contribution in [1.82, 2.24) is 0 Å². The lowest BCUT2D eigenvalue weighted by Crippen LogP contribution is -2.08. The van der Waals surface area contributed by atoms with Crippen LogP contribution in [0.1, 0.15) is 24.1 Å². The second kappa shape index (κ2) is 6.29. The topological polar surface area (TPSA) is 12.0 Å². The molecule has 0 bridgehead atoms. The average molecular weight is 404 g/mol. The molecule has 0 fully saturated rings. The highest BCUT2D eigenvalue weighted by atomic mass is 79.9. The molecule has 4 heteroatoms. The van der Waals surface area contributed by atoms with Crippen molar-refractivity contribution in [3.05, 3.63) is 61.5 Å². The number of rotatable bonds is 3. The fourth-order valence-electron chi connectivity index (χ4n) is 1.96. The first-order chi connectivity index (χ1) is 8.99. The minimum atomic E-state index is 0.168. The molecule has 0 aliphatic rings. The van der Waals surface area contributed by atoms with E-state index in [2.05, 4.69) is 63.2 Å². The van der Waals surface area contributed by atoms with Gasteiger partial charge in [0.25, 0.3) is 0 Å². The highest BCUT2D eigenvalue weighted by molar-refractivity contribution is 9.11. The summed E-state index contributed by atoms with van der Waals surface area (Å²) in [5.74, 6) is 0. The number of aryl methyl sites for hydroxylation is 1. The number of para-hydroxylation sites is 1. The van der Waals surface area contributed by atoms with Gasteiger partial charge in [0.2, 0.25) is 0 Å². The smallest absolute Gasteiger partial charge is 0.0640 e. The monoisotopic (exact) mass is 401 g/mol. The first-order valence-corrected chi connectivity index (χ1v) is 7.92. The Morgan fingerprint density at radius 2 is 1.89 bits per heavy atom. The summed E-state index contributed by atoms with van der Waals surface area (Å²) in [6.45, 7) is 4.17. The number of anilines is 1. The molecule has 1 atom stereocenters. The van der Waals surface area contributed by atoms with Gasteiger partial charge in [-0.15, -0.1) is 0 Å². The summed E-state index contributed by atoms with van der Waals surface area (Å²) in [5.41, 5.74) is 3.33. The van der Waals surface area contributed by atoms with Crippen molar-refractivity contribution in [2.45, 2.75) is 19.9 Å². The predicted molar refractivity (Wildman–Crippen MR) is 90.1 cm³/mol. The second-order valence-electron chi connectivity index (χ2n) is 4.46. The molecule has 0 amide bonds. The molecule has 1 N–H and O–H groups in total. The summed E-state index contributed by atoms with van der Waals surface area (Å²) in [6, 6.07) is 12.3. The average Bonchev–Trinajstić information content (AvgIpc) is 2.33. The third kappa shape index (κ3) is 3.53. The molecule has 2 aromatic rings. The lowest BCUT2D eigenvalue weighted by atomic mass is 10.1. The van der Waals surface area contributed by atoms with Gasteiger partial charge in [-0.05, 0) is 43.2 Å². The zero-order valence-corrected chi connectivity index (χ0v) is 14.6. The van der Waals surface area contributed by atoms with Gasteiger partial charge in [-0.2, -0.15) is 0 Å². The molecular weight excluding hydrogens is 389 g/mol. The Morgan fingerprint density at radius 1 is 1.16 bits per heavy atom. The molecule has 0 saturated heterocycles. The number of hydrogen-bond acceptors (Lipinski definition) is 1. The van der Waals surface area contributed by atoms with Gasteiger partial charge in [0, 0.05) is 15.0 Å². The molecule has 2 rings (SSSR count). The Hall–Kier alpha value is -0.510.